The van der Waals surface area contributed by atoms with Crippen molar-refractivity contribution in [3.8, 4) is 0 Å². The zero-order valence-electron chi connectivity index (χ0n) is 15.3. The van der Waals surface area contributed by atoms with Crippen molar-refractivity contribution in [2.75, 3.05) is 13.6 Å². The molecule has 1 unspecified atom stereocenters. The van der Waals surface area contributed by atoms with Gasteiger partial charge < -0.3 is 0 Å². The molecule has 1 heterocycles. The van der Waals surface area contributed by atoms with Crippen molar-refractivity contribution in [2.45, 2.75) is 47.5 Å². The first-order valence-corrected chi connectivity index (χ1v) is 8.20. The van der Waals surface area contributed by atoms with E-state index in [4.69, 9.17) is 0 Å². The summed E-state index contributed by atoms with van der Waals surface area (Å²) in [5.41, 5.74) is 3.15. The summed E-state index contributed by atoms with van der Waals surface area (Å²) in [6, 6.07) is 0. The molecule has 1 rings (SSSR count). The maximum absolute atomic E-state index is 4.37. The zero-order chi connectivity index (χ0) is 17.4. The van der Waals surface area contributed by atoms with Crippen molar-refractivity contribution < 1.29 is 0 Å². The largest absolute Gasteiger partial charge is 0.292 e. The van der Waals surface area contributed by atoms with Gasteiger partial charge in [0, 0.05) is 48.9 Å². The minimum atomic E-state index is 0.274. The Morgan fingerprint density at radius 3 is 2.36 bits per heavy atom. The smallest absolute Gasteiger partial charge is 0.0435 e. The third kappa shape index (κ3) is 8.50. The monoisotopic (exact) mass is 303 g/mol. The van der Waals surface area contributed by atoms with Gasteiger partial charge in [-0.1, -0.05) is 53.9 Å². The van der Waals surface area contributed by atoms with Gasteiger partial charge in [-0.25, -0.2) is 0 Å². The Morgan fingerprint density at radius 1 is 1.32 bits per heavy atom. The second kappa shape index (κ2) is 15.6. The fraction of sp³-hybridized carbons (Fsp3) is 0.526. The van der Waals surface area contributed by atoms with Crippen LogP contribution in [-0.4, -0.2) is 31.2 Å². The minimum Gasteiger partial charge on any atom is -0.292 e. The SMILES string of the molecule is C=CN=C(C=C)C(C)CC(=NC)C1=CCCN=C1.CC.CC. The van der Waals surface area contributed by atoms with Crippen LogP contribution in [0.3, 0.4) is 0 Å². The molecule has 0 spiro atoms. The molecule has 0 saturated carbocycles. The molecule has 3 heteroatoms. The van der Waals surface area contributed by atoms with Crippen molar-refractivity contribution in [3.05, 3.63) is 37.1 Å². The normalized spacial score (nSPS) is 15.5. The zero-order valence-corrected chi connectivity index (χ0v) is 15.3. The summed E-state index contributed by atoms with van der Waals surface area (Å²) in [4.78, 5) is 12.9. The van der Waals surface area contributed by atoms with Crippen LogP contribution in [0.2, 0.25) is 0 Å². The number of aliphatic imine (C=N–C) groups is 3. The maximum atomic E-state index is 4.37. The van der Waals surface area contributed by atoms with Gasteiger partial charge in [0.05, 0.1) is 0 Å². The van der Waals surface area contributed by atoms with Crippen LogP contribution in [0.4, 0.5) is 0 Å². The molecule has 3 nitrogen and oxygen atoms in total. The topological polar surface area (TPSA) is 37.1 Å². The highest BCUT2D eigenvalue weighted by Gasteiger charge is 2.14. The molecule has 1 atom stereocenters. The lowest BCUT2D eigenvalue weighted by molar-refractivity contribution is 0.818. The fourth-order valence-corrected chi connectivity index (χ4v) is 1.92. The third-order valence-electron chi connectivity index (χ3n) is 2.91. The Bertz CT molecular complexity index is 426. The van der Waals surface area contributed by atoms with Crippen molar-refractivity contribution in [3.63, 3.8) is 0 Å². The molecule has 0 aromatic carbocycles. The van der Waals surface area contributed by atoms with Gasteiger partial charge in [-0.05, 0) is 18.9 Å². The molecule has 0 saturated heterocycles. The van der Waals surface area contributed by atoms with Crippen LogP contribution in [0.1, 0.15) is 47.5 Å². The molecule has 0 radical (unpaired) electrons. The summed E-state index contributed by atoms with van der Waals surface area (Å²) in [6.07, 6.45) is 9.28. The second-order valence-electron chi connectivity index (χ2n) is 4.20. The molecule has 22 heavy (non-hydrogen) atoms. The Labute approximate surface area is 137 Å². The van der Waals surface area contributed by atoms with E-state index in [1.807, 2.05) is 41.0 Å². The summed E-state index contributed by atoms with van der Waals surface area (Å²) < 4.78 is 0. The molecule has 0 fully saturated rings. The summed E-state index contributed by atoms with van der Waals surface area (Å²) in [5.74, 6) is 0.274. The molecule has 0 aliphatic carbocycles. The standard InChI is InChI=1S/C15H21N3.2C2H6/c1-5-14(18-6-2)12(3)10-15(16-4)13-8-7-9-17-11-13;2*1-2/h5-6,8,11-12H,1-2,7,9-10H2,3-4H3;2*1-2H3. The third-order valence-corrected chi connectivity index (χ3v) is 2.91. The van der Waals surface area contributed by atoms with E-state index in [2.05, 4.69) is 41.1 Å². The lowest BCUT2D eigenvalue weighted by Gasteiger charge is -2.15. The highest BCUT2D eigenvalue weighted by molar-refractivity contribution is 6.17. The van der Waals surface area contributed by atoms with Crippen LogP contribution in [0.5, 0.6) is 0 Å². The molecule has 0 aromatic rings. The Morgan fingerprint density at radius 2 is 1.95 bits per heavy atom. The van der Waals surface area contributed by atoms with Gasteiger partial charge in [-0.2, -0.15) is 0 Å². The van der Waals surface area contributed by atoms with Crippen molar-refractivity contribution >= 4 is 17.6 Å². The Kier molecular flexibility index (Phi) is 16.0. The van der Waals surface area contributed by atoms with Crippen LogP contribution >= 0.6 is 0 Å². The Hall–Kier alpha value is -1.77. The van der Waals surface area contributed by atoms with Crippen LogP contribution < -0.4 is 0 Å². The van der Waals surface area contributed by atoms with Gasteiger partial charge in [0.1, 0.15) is 0 Å². The number of rotatable bonds is 6. The predicted octanol–water partition coefficient (Wildman–Crippen LogP) is 5.31. The summed E-state index contributed by atoms with van der Waals surface area (Å²) in [5, 5.41) is 0. The first-order chi connectivity index (χ1) is 10.7. The lowest BCUT2D eigenvalue weighted by atomic mass is 9.94. The van der Waals surface area contributed by atoms with E-state index in [9.17, 15) is 0 Å². The molecule has 1 aliphatic heterocycles. The quantitative estimate of drug-likeness (QED) is 0.597. The van der Waals surface area contributed by atoms with Gasteiger partial charge >= 0.3 is 0 Å². The van der Waals surface area contributed by atoms with Gasteiger partial charge in [-0.3, -0.25) is 15.0 Å². The Balaban J connectivity index is 0. The van der Waals surface area contributed by atoms with Gasteiger partial charge in [0.25, 0.3) is 0 Å². The average molecular weight is 303 g/mol. The molecule has 1 aliphatic rings. The van der Waals surface area contributed by atoms with Gasteiger partial charge in [0.2, 0.25) is 0 Å². The molecule has 0 bridgehead atoms. The van der Waals surface area contributed by atoms with E-state index in [0.29, 0.717) is 0 Å². The van der Waals surface area contributed by atoms with Crippen LogP contribution in [-0.2, 0) is 0 Å². The van der Waals surface area contributed by atoms with E-state index in [-0.39, 0.29) is 5.92 Å². The van der Waals surface area contributed by atoms with E-state index in [0.717, 1.165) is 36.4 Å². The van der Waals surface area contributed by atoms with E-state index in [1.54, 1.807) is 12.3 Å². The second-order valence-corrected chi connectivity index (χ2v) is 4.20. The van der Waals surface area contributed by atoms with Gasteiger partial charge in [-0.15, -0.1) is 0 Å². The van der Waals surface area contributed by atoms with Crippen LogP contribution in [0.25, 0.3) is 0 Å². The number of nitrogens with zero attached hydrogens (tertiary/aromatic N) is 3. The van der Waals surface area contributed by atoms with Crippen molar-refractivity contribution in [1.82, 2.24) is 0 Å². The molecule has 0 amide bonds. The fourth-order valence-electron chi connectivity index (χ4n) is 1.92. The van der Waals surface area contributed by atoms with E-state index < -0.39 is 0 Å². The van der Waals surface area contributed by atoms with Gasteiger partial charge in [0.15, 0.2) is 0 Å². The van der Waals surface area contributed by atoms with E-state index in [1.165, 1.54) is 0 Å². The minimum absolute atomic E-state index is 0.274. The number of allylic oxidation sites excluding steroid dienone is 2. The molecular formula is C19H33N3. The van der Waals surface area contributed by atoms with Crippen molar-refractivity contribution in [1.29, 1.82) is 0 Å². The number of hydrogen-bond acceptors (Lipinski definition) is 3. The molecule has 0 aromatic heterocycles. The van der Waals surface area contributed by atoms with Crippen LogP contribution in [0.15, 0.2) is 52.1 Å². The summed E-state index contributed by atoms with van der Waals surface area (Å²) in [7, 11) is 1.82. The lowest BCUT2D eigenvalue weighted by Crippen LogP contribution is -2.17. The number of hydrogen-bond donors (Lipinski definition) is 0. The van der Waals surface area contributed by atoms with Crippen LogP contribution in [0, 0.1) is 5.92 Å². The maximum Gasteiger partial charge on any atom is 0.0435 e. The molecule has 124 valence electrons. The highest BCUT2D eigenvalue weighted by atomic mass is 14.7. The highest BCUT2D eigenvalue weighted by Crippen LogP contribution is 2.14. The molecular weight excluding hydrogens is 270 g/mol. The summed E-state index contributed by atoms with van der Waals surface area (Å²) >= 11 is 0. The number of dihydropyridines is 1. The van der Waals surface area contributed by atoms with E-state index >= 15 is 0 Å². The molecule has 0 N–H and O–H groups in total. The summed E-state index contributed by atoms with van der Waals surface area (Å²) in [6.45, 7) is 18.4. The average Bonchev–Trinajstić information content (AvgIpc) is 2.61. The first-order valence-electron chi connectivity index (χ1n) is 8.20. The van der Waals surface area contributed by atoms with Crippen molar-refractivity contribution in [2.24, 2.45) is 20.9 Å². The first kappa shape index (κ1) is 22.5. The predicted molar refractivity (Wildman–Crippen MR) is 104 cm³/mol.